The lowest BCUT2D eigenvalue weighted by molar-refractivity contribution is 0.385. The topological polar surface area (TPSA) is 64.9 Å². The Morgan fingerprint density at radius 1 is 1.06 bits per heavy atom. The van der Waals surface area contributed by atoms with Crippen molar-refractivity contribution in [1.29, 1.82) is 0 Å². The van der Waals surface area contributed by atoms with Crippen molar-refractivity contribution in [3.8, 4) is 11.5 Å². The summed E-state index contributed by atoms with van der Waals surface area (Å²) < 4.78 is 5.34. The molecule has 0 unspecified atom stereocenters. The van der Waals surface area contributed by atoms with Crippen molar-refractivity contribution in [1.82, 2.24) is 10.1 Å². The summed E-state index contributed by atoms with van der Waals surface area (Å²) in [5.41, 5.74) is 7.33. The maximum Gasteiger partial charge on any atom is 0.257 e. The predicted molar refractivity (Wildman–Crippen MR) is 70.0 cm³/mol. The molecule has 1 fully saturated rings. The number of benzene rings is 1. The summed E-state index contributed by atoms with van der Waals surface area (Å²) in [6, 6.07) is 7.51. The van der Waals surface area contributed by atoms with Gasteiger partial charge in [-0.1, -0.05) is 24.4 Å². The van der Waals surface area contributed by atoms with Gasteiger partial charge < -0.3 is 10.3 Å². The third-order valence-electron chi connectivity index (χ3n) is 3.57. The van der Waals surface area contributed by atoms with E-state index in [4.69, 9.17) is 10.3 Å². The summed E-state index contributed by atoms with van der Waals surface area (Å²) in [7, 11) is 0. The quantitative estimate of drug-likeness (QED) is 0.821. The van der Waals surface area contributed by atoms with E-state index in [9.17, 15) is 0 Å². The van der Waals surface area contributed by atoms with Gasteiger partial charge in [-0.05, 0) is 37.1 Å². The molecule has 1 heterocycles. The lowest BCUT2D eigenvalue weighted by Crippen LogP contribution is -2.06. The Kier molecular flexibility index (Phi) is 3.00. The summed E-state index contributed by atoms with van der Waals surface area (Å²) in [4.78, 5) is 4.52. The number of hydrogen-bond acceptors (Lipinski definition) is 4. The first-order valence-electron chi connectivity index (χ1n) is 6.52. The Balaban J connectivity index is 1.82. The summed E-state index contributed by atoms with van der Waals surface area (Å²) in [6.45, 7) is 0. The highest BCUT2D eigenvalue weighted by atomic mass is 16.5. The minimum Gasteiger partial charge on any atom is -0.399 e. The van der Waals surface area contributed by atoms with Crippen molar-refractivity contribution in [2.24, 2.45) is 0 Å². The Morgan fingerprint density at radius 2 is 1.78 bits per heavy atom. The second kappa shape index (κ2) is 4.80. The molecule has 0 spiro atoms. The lowest BCUT2D eigenvalue weighted by atomic mass is 9.89. The highest BCUT2D eigenvalue weighted by molar-refractivity contribution is 5.56. The number of hydrogen-bond donors (Lipinski definition) is 1. The van der Waals surface area contributed by atoms with Crippen molar-refractivity contribution in [3.63, 3.8) is 0 Å². The number of anilines is 1. The maximum absolute atomic E-state index is 5.66. The van der Waals surface area contributed by atoms with Crippen LogP contribution in [0, 0.1) is 0 Å². The Hall–Kier alpha value is -1.84. The van der Waals surface area contributed by atoms with Gasteiger partial charge in [-0.25, -0.2) is 0 Å². The molecule has 2 aromatic rings. The monoisotopic (exact) mass is 243 g/mol. The van der Waals surface area contributed by atoms with Crippen LogP contribution in [0.3, 0.4) is 0 Å². The summed E-state index contributed by atoms with van der Waals surface area (Å²) in [6.07, 6.45) is 6.24. The van der Waals surface area contributed by atoms with Gasteiger partial charge >= 0.3 is 0 Å². The molecule has 0 bridgehead atoms. The number of nitrogen functional groups attached to an aromatic ring is 1. The first kappa shape index (κ1) is 11.3. The molecular formula is C14H17N3O. The molecule has 0 radical (unpaired) electrons. The van der Waals surface area contributed by atoms with E-state index in [1.165, 1.54) is 32.1 Å². The van der Waals surface area contributed by atoms with Gasteiger partial charge in [0.1, 0.15) is 0 Å². The molecule has 0 amide bonds. The zero-order valence-electron chi connectivity index (χ0n) is 10.3. The van der Waals surface area contributed by atoms with Crippen molar-refractivity contribution in [2.75, 3.05) is 5.73 Å². The van der Waals surface area contributed by atoms with Crippen LogP contribution in [0.2, 0.25) is 0 Å². The van der Waals surface area contributed by atoms with Gasteiger partial charge in [-0.15, -0.1) is 0 Å². The Morgan fingerprint density at radius 3 is 2.50 bits per heavy atom. The third-order valence-corrected chi connectivity index (χ3v) is 3.57. The minimum absolute atomic E-state index is 0.477. The molecule has 4 nitrogen and oxygen atoms in total. The molecule has 1 aliphatic rings. The lowest BCUT2D eigenvalue weighted by Gasteiger charge is -2.17. The van der Waals surface area contributed by atoms with Crippen LogP contribution in [0.5, 0.6) is 0 Å². The SMILES string of the molecule is Nc1ccc(-c2nc(C3CCCCC3)no2)cc1. The fourth-order valence-corrected chi connectivity index (χ4v) is 2.50. The van der Waals surface area contributed by atoms with Crippen molar-refractivity contribution in [2.45, 2.75) is 38.0 Å². The van der Waals surface area contributed by atoms with Gasteiger partial charge in [-0.3, -0.25) is 0 Å². The highest BCUT2D eigenvalue weighted by Crippen LogP contribution is 2.32. The zero-order valence-corrected chi connectivity index (χ0v) is 10.3. The van der Waals surface area contributed by atoms with Crippen molar-refractivity contribution < 1.29 is 4.52 Å². The first-order valence-corrected chi connectivity index (χ1v) is 6.52. The van der Waals surface area contributed by atoms with E-state index in [2.05, 4.69) is 10.1 Å². The molecule has 1 saturated carbocycles. The van der Waals surface area contributed by atoms with E-state index in [-0.39, 0.29) is 0 Å². The van der Waals surface area contributed by atoms with Crippen LogP contribution in [0.4, 0.5) is 5.69 Å². The van der Waals surface area contributed by atoms with Gasteiger partial charge in [0.05, 0.1) is 0 Å². The number of aromatic nitrogens is 2. The van der Waals surface area contributed by atoms with Gasteiger partial charge in [0, 0.05) is 17.2 Å². The molecule has 18 heavy (non-hydrogen) atoms. The molecule has 0 saturated heterocycles. The average molecular weight is 243 g/mol. The average Bonchev–Trinajstić information content (AvgIpc) is 2.90. The smallest absolute Gasteiger partial charge is 0.257 e. The van der Waals surface area contributed by atoms with Gasteiger partial charge in [-0.2, -0.15) is 4.98 Å². The summed E-state index contributed by atoms with van der Waals surface area (Å²) in [5, 5.41) is 4.12. The molecule has 2 N–H and O–H groups in total. The second-order valence-electron chi connectivity index (χ2n) is 4.91. The van der Waals surface area contributed by atoms with Gasteiger partial charge in [0.2, 0.25) is 0 Å². The van der Waals surface area contributed by atoms with Crippen molar-refractivity contribution in [3.05, 3.63) is 30.1 Å². The fraction of sp³-hybridized carbons (Fsp3) is 0.429. The van der Waals surface area contributed by atoms with Crippen LogP contribution in [0.25, 0.3) is 11.5 Å². The van der Waals surface area contributed by atoms with Crippen LogP contribution >= 0.6 is 0 Å². The van der Waals surface area contributed by atoms with Crippen LogP contribution in [-0.4, -0.2) is 10.1 Å². The van der Waals surface area contributed by atoms with Crippen LogP contribution in [0.15, 0.2) is 28.8 Å². The predicted octanol–water partition coefficient (Wildman–Crippen LogP) is 3.37. The normalized spacial score (nSPS) is 16.9. The van der Waals surface area contributed by atoms with Crippen LogP contribution < -0.4 is 5.73 Å². The van der Waals surface area contributed by atoms with E-state index < -0.39 is 0 Å². The Bertz CT molecular complexity index is 512. The van der Waals surface area contributed by atoms with Crippen molar-refractivity contribution >= 4 is 5.69 Å². The number of rotatable bonds is 2. The maximum atomic E-state index is 5.66. The van der Waals surface area contributed by atoms with E-state index >= 15 is 0 Å². The van der Waals surface area contributed by atoms with E-state index in [0.717, 1.165) is 17.1 Å². The molecule has 1 aromatic heterocycles. The molecule has 4 heteroatoms. The molecule has 94 valence electrons. The second-order valence-corrected chi connectivity index (χ2v) is 4.91. The molecule has 0 aliphatic heterocycles. The number of nitrogens with zero attached hydrogens (tertiary/aromatic N) is 2. The third kappa shape index (κ3) is 2.23. The Labute approximate surface area is 106 Å². The van der Waals surface area contributed by atoms with E-state index in [1.54, 1.807) is 0 Å². The van der Waals surface area contributed by atoms with Crippen LogP contribution in [0.1, 0.15) is 43.8 Å². The first-order chi connectivity index (χ1) is 8.83. The molecular weight excluding hydrogens is 226 g/mol. The highest BCUT2D eigenvalue weighted by Gasteiger charge is 2.21. The molecule has 1 aliphatic carbocycles. The summed E-state index contributed by atoms with van der Waals surface area (Å²) >= 11 is 0. The molecule has 3 rings (SSSR count). The fourth-order valence-electron chi connectivity index (χ4n) is 2.50. The van der Waals surface area contributed by atoms with Gasteiger partial charge in [0.25, 0.3) is 5.89 Å². The molecule has 1 aromatic carbocycles. The van der Waals surface area contributed by atoms with E-state index in [1.807, 2.05) is 24.3 Å². The summed E-state index contributed by atoms with van der Waals surface area (Å²) in [5.74, 6) is 1.93. The molecule has 0 atom stereocenters. The van der Waals surface area contributed by atoms with Crippen LogP contribution in [-0.2, 0) is 0 Å². The van der Waals surface area contributed by atoms with Gasteiger partial charge in [0.15, 0.2) is 5.82 Å². The van der Waals surface area contributed by atoms with E-state index in [0.29, 0.717) is 11.8 Å². The largest absolute Gasteiger partial charge is 0.399 e. The standard InChI is InChI=1S/C14H17N3O/c15-12-8-6-11(7-9-12)14-16-13(17-18-14)10-4-2-1-3-5-10/h6-10H,1-5,15H2. The number of nitrogens with two attached hydrogens (primary N) is 1. The minimum atomic E-state index is 0.477. The zero-order chi connectivity index (χ0) is 12.4.